The molecule has 1 heterocycles. The standard InChI is InChI=1S/C11H9BrN2O2S/c12-10-2-1-8(17)5-9(10)11(15)13-6-7-3-4-16-14-7/h1-5,17H,6H2,(H,13,15). The molecule has 1 N–H and O–H groups in total. The third kappa shape index (κ3) is 3.10. The number of hydrogen-bond donors (Lipinski definition) is 2. The van der Waals surface area contributed by atoms with E-state index in [1.54, 1.807) is 18.2 Å². The Kier molecular flexibility index (Phi) is 3.86. The van der Waals surface area contributed by atoms with Gasteiger partial charge in [0.15, 0.2) is 0 Å². The van der Waals surface area contributed by atoms with Gasteiger partial charge in [-0.1, -0.05) is 5.16 Å². The highest BCUT2D eigenvalue weighted by Crippen LogP contribution is 2.20. The van der Waals surface area contributed by atoms with Crippen LogP contribution in [0, 0.1) is 0 Å². The van der Waals surface area contributed by atoms with Crippen molar-refractivity contribution in [2.45, 2.75) is 11.4 Å². The third-order valence-corrected chi connectivity index (χ3v) is 3.09. The lowest BCUT2D eigenvalue weighted by Gasteiger charge is -2.05. The number of nitrogens with one attached hydrogen (secondary N) is 1. The number of carbonyl (C=O) groups is 1. The SMILES string of the molecule is O=C(NCc1ccon1)c1cc(S)ccc1Br. The summed E-state index contributed by atoms with van der Waals surface area (Å²) >= 11 is 7.52. The largest absolute Gasteiger partial charge is 0.364 e. The molecular formula is C11H9BrN2O2S. The van der Waals surface area contributed by atoms with Crippen molar-refractivity contribution >= 4 is 34.5 Å². The zero-order chi connectivity index (χ0) is 12.3. The fourth-order valence-corrected chi connectivity index (χ4v) is 1.91. The van der Waals surface area contributed by atoms with E-state index in [4.69, 9.17) is 0 Å². The molecule has 1 aromatic heterocycles. The summed E-state index contributed by atoms with van der Waals surface area (Å²) in [5.41, 5.74) is 1.22. The zero-order valence-corrected chi connectivity index (χ0v) is 11.2. The van der Waals surface area contributed by atoms with Gasteiger partial charge < -0.3 is 9.84 Å². The molecule has 88 valence electrons. The topological polar surface area (TPSA) is 55.1 Å². The van der Waals surface area contributed by atoms with E-state index in [2.05, 4.69) is 43.6 Å². The Balaban J connectivity index is 2.07. The minimum Gasteiger partial charge on any atom is -0.364 e. The van der Waals surface area contributed by atoms with E-state index >= 15 is 0 Å². The molecule has 0 aliphatic rings. The summed E-state index contributed by atoms with van der Waals surface area (Å²) in [7, 11) is 0. The quantitative estimate of drug-likeness (QED) is 0.857. The van der Waals surface area contributed by atoms with Crippen LogP contribution in [0.3, 0.4) is 0 Å². The van der Waals surface area contributed by atoms with Crippen molar-refractivity contribution in [1.82, 2.24) is 10.5 Å². The molecule has 0 aliphatic carbocycles. The van der Waals surface area contributed by atoms with Gasteiger partial charge in [-0.05, 0) is 34.1 Å². The molecular weight excluding hydrogens is 304 g/mol. The molecule has 0 unspecified atom stereocenters. The van der Waals surface area contributed by atoms with Crippen molar-refractivity contribution in [1.29, 1.82) is 0 Å². The molecule has 0 fully saturated rings. The second-order valence-corrected chi connectivity index (χ2v) is 4.71. The van der Waals surface area contributed by atoms with Crippen molar-refractivity contribution in [3.05, 3.63) is 46.3 Å². The minimum absolute atomic E-state index is 0.184. The van der Waals surface area contributed by atoms with Gasteiger partial charge in [0.05, 0.1) is 12.1 Å². The first kappa shape index (κ1) is 12.2. The van der Waals surface area contributed by atoms with Crippen molar-refractivity contribution < 1.29 is 9.32 Å². The Morgan fingerprint density at radius 3 is 3.00 bits per heavy atom. The normalized spacial score (nSPS) is 10.2. The minimum atomic E-state index is -0.184. The van der Waals surface area contributed by atoms with Gasteiger partial charge in [-0.2, -0.15) is 0 Å². The van der Waals surface area contributed by atoms with Gasteiger partial charge in [0.1, 0.15) is 12.0 Å². The summed E-state index contributed by atoms with van der Waals surface area (Å²) in [6.07, 6.45) is 1.46. The molecule has 0 radical (unpaired) electrons. The van der Waals surface area contributed by atoms with Gasteiger partial charge in [-0.15, -0.1) is 12.6 Å². The van der Waals surface area contributed by atoms with Crippen molar-refractivity contribution in [3.8, 4) is 0 Å². The van der Waals surface area contributed by atoms with E-state index in [1.807, 2.05) is 6.07 Å². The van der Waals surface area contributed by atoms with E-state index in [9.17, 15) is 4.79 Å². The van der Waals surface area contributed by atoms with Crippen LogP contribution in [0.15, 0.2) is 44.4 Å². The second kappa shape index (κ2) is 5.37. The van der Waals surface area contributed by atoms with Crippen LogP contribution in [0.5, 0.6) is 0 Å². The summed E-state index contributed by atoms with van der Waals surface area (Å²) in [5, 5.41) is 6.45. The first-order valence-corrected chi connectivity index (χ1v) is 6.07. The summed E-state index contributed by atoms with van der Waals surface area (Å²) in [6.45, 7) is 0.332. The van der Waals surface area contributed by atoms with Gasteiger partial charge in [0.25, 0.3) is 5.91 Å². The number of carbonyl (C=O) groups excluding carboxylic acids is 1. The number of thiol groups is 1. The molecule has 0 atom stereocenters. The van der Waals surface area contributed by atoms with E-state index in [-0.39, 0.29) is 5.91 Å². The highest BCUT2D eigenvalue weighted by Gasteiger charge is 2.10. The fourth-order valence-electron chi connectivity index (χ4n) is 1.28. The number of rotatable bonds is 3. The Morgan fingerprint density at radius 1 is 1.47 bits per heavy atom. The average molecular weight is 313 g/mol. The van der Waals surface area contributed by atoms with Crippen LogP contribution >= 0.6 is 28.6 Å². The predicted octanol–water partition coefficient (Wildman–Crippen LogP) is 2.66. The van der Waals surface area contributed by atoms with Gasteiger partial charge >= 0.3 is 0 Å². The molecule has 0 spiro atoms. The highest BCUT2D eigenvalue weighted by atomic mass is 79.9. The lowest BCUT2D eigenvalue weighted by molar-refractivity contribution is 0.0949. The van der Waals surface area contributed by atoms with Crippen LogP contribution in [-0.2, 0) is 6.54 Å². The lowest BCUT2D eigenvalue weighted by Crippen LogP contribution is -2.23. The van der Waals surface area contributed by atoms with Crippen molar-refractivity contribution in [2.75, 3.05) is 0 Å². The third-order valence-electron chi connectivity index (χ3n) is 2.12. The van der Waals surface area contributed by atoms with Crippen LogP contribution in [-0.4, -0.2) is 11.1 Å². The maximum absolute atomic E-state index is 11.9. The van der Waals surface area contributed by atoms with Gasteiger partial charge in [0, 0.05) is 15.4 Å². The number of halogens is 1. The van der Waals surface area contributed by atoms with Crippen molar-refractivity contribution in [3.63, 3.8) is 0 Å². The second-order valence-electron chi connectivity index (χ2n) is 3.34. The van der Waals surface area contributed by atoms with Crippen LogP contribution in [0.4, 0.5) is 0 Å². The molecule has 0 saturated carbocycles. The number of hydrogen-bond acceptors (Lipinski definition) is 4. The average Bonchev–Trinajstić information content (AvgIpc) is 2.82. The molecule has 6 heteroatoms. The van der Waals surface area contributed by atoms with Gasteiger partial charge in [-0.25, -0.2) is 0 Å². The van der Waals surface area contributed by atoms with Crippen LogP contribution < -0.4 is 5.32 Å². The zero-order valence-electron chi connectivity index (χ0n) is 8.68. The fraction of sp³-hybridized carbons (Fsp3) is 0.0909. The molecule has 1 amide bonds. The van der Waals surface area contributed by atoms with E-state index < -0.39 is 0 Å². The predicted molar refractivity (Wildman–Crippen MR) is 69.1 cm³/mol. The Bertz CT molecular complexity index is 528. The van der Waals surface area contributed by atoms with Crippen molar-refractivity contribution in [2.24, 2.45) is 0 Å². The monoisotopic (exact) mass is 312 g/mol. The smallest absolute Gasteiger partial charge is 0.252 e. The lowest BCUT2D eigenvalue weighted by atomic mass is 10.2. The van der Waals surface area contributed by atoms with Gasteiger partial charge in [0.2, 0.25) is 0 Å². The summed E-state index contributed by atoms with van der Waals surface area (Å²) in [4.78, 5) is 12.6. The Morgan fingerprint density at radius 2 is 2.29 bits per heavy atom. The van der Waals surface area contributed by atoms with E-state index in [0.717, 1.165) is 9.37 Å². The molecule has 4 nitrogen and oxygen atoms in total. The number of aromatic nitrogens is 1. The number of nitrogens with zero attached hydrogens (tertiary/aromatic N) is 1. The summed E-state index contributed by atoms with van der Waals surface area (Å²) in [5.74, 6) is -0.184. The van der Waals surface area contributed by atoms with Crippen LogP contribution in [0.1, 0.15) is 16.1 Å². The molecule has 0 bridgehead atoms. The van der Waals surface area contributed by atoms with E-state index in [1.165, 1.54) is 6.26 Å². The summed E-state index contributed by atoms with van der Waals surface area (Å²) < 4.78 is 5.40. The highest BCUT2D eigenvalue weighted by molar-refractivity contribution is 9.10. The maximum Gasteiger partial charge on any atom is 0.252 e. The Labute approximate surface area is 112 Å². The number of amides is 1. The molecule has 17 heavy (non-hydrogen) atoms. The van der Waals surface area contributed by atoms with Crippen LogP contribution in [0.25, 0.3) is 0 Å². The molecule has 1 aromatic carbocycles. The first-order chi connectivity index (χ1) is 8.16. The van der Waals surface area contributed by atoms with E-state index in [0.29, 0.717) is 17.8 Å². The number of benzene rings is 1. The molecule has 2 aromatic rings. The molecule has 0 aliphatic heterocycles. The van der Waals surface area contributed by atoms with Crippen LogP contribution in [0.2, 0.25) is 0 Å². The molecule has 2 rings (SSSR count). The molecule has 0 saturated heterocycles. The Hall–Kier alpha value is -1.27. The van der Waals surface area contributed by atoms with Gasteiger partial charge in [-0.3, -0.25) is 4.79 Å². The first-order valence-electron chi connectivity index (χ1n) is 4.83. The summed E-state index contributed by atoms with van der Waals surface area (Å²) in [6, 6.07) is 6.99. The maximum atomic E-state index is 11.9.